The van der Waals surface area contributed by atoms with E-state index in [9.17, 15) is 9.90 Å². The van der Waals surface area contributed by atoms with E-state index >= 15 is 0 Å². The molecular weight excluding hydrogens is 230 g/mol. The molecule has 16 heavy (non-hydrogen) atoms. The molecule has 1 aliphatic rings. The minimum Gasteiger partial charge on any atom is -0.397 e. The topological polar surface area (TPSA) is 79.5 Å². The second-order valence-electron chi connectivity index (χ2n) is 4.25. The molecule has 0 aliphatic carbocycles. The first kappa shape index (κ1) is 11.2. The van der Waals surface area contributed by atoms with Crippen LogP contribution in [0.15, 0.2) is 12.3 Å². The Morgan fingerprint density at radius 1 is 1.69 bits per heavy atom. The Bertz CT molecular complexity index is 440. The van der Waals surface area contributed by atoms with E-state index in [0.717, 1.165) is 0 Å². The molecule has 1 aromatic heterocycles. The second-order valence-corrected chi connectivity index (χ2v) is 4.64. The molecule has 86 valence electrons. The SMILES string of the molecule is CC1(O)CN(C(=O)c2cc(Cl)ncc2N)C1. The quantitative estimate of drug-likeness (QED) is 0.703. The van der Waals surface area contributed by atoms with Gasteiger partial charge in [0.2, 0.25) is 0 Å². The second kappa shape index (κ2) is 3.61. The average Bonchev–Trinajstić information content (AvgIpc) is 2.17. The number of likely N-dealkylation sites (tertiary alicyclic amines) is 1. The number of carbonyl (C=O) groups is 1. The number of nitrogens with two attached hydrogens (primary N) is 1. The minimum absolute atomic E-state index is 0.227. The molecule has 2 rings (SSSR count). The Hall–Kier alpha value is -1.33. The lowest BCUT2D eigenvalue weighted by Gasteiger charge is -2.44. The van der Waals surface area contributed by atoms with E-state index in [1.807, 2.05) is 0 Å². The molecule has 1 fully saturated rings. The molecule has 0 aromatic carbocycles. The van der Waals surface area contributed by atoms with Crippen molar-refractivity contribution in [3.63, 3.8) is 0 Å². The first-order chi connectivity index (χ1) is 7.39. The van der Waals surface area contributed by atoms with Gasteiger partial charge in [0, 0.05) is 0 Å². The molecular formula is C10H12ClN3O2. The Morgan fingerprint density at radius 3 is 2.88 bits per heavy atom. The fourth-order valence-electron chi connectivity index (χ4n) is 1.72. The number of carbonyl (C=O) groups excluding carboxylic acids is 1. The maximum atomic E-state index is 11.9. The van der Waals surface area contributed by atoms with Crippen LogP contribution < -0.4 is 5.73 Å². The van der Waals surface area contributed by atoms with Crippen molar-refractivity contribution in [1.82, 2.24) is 9.88 Å². The molecule has 0 saturated carbocycles. The largest absolute Gasteiger partial charge is 0.397 e. The zero-order valence-electron chi connectivity index (χ0n) is 8.77. The molecule has 6 heteroatoms. The molecule has 0 spiro atoms. The maximum Gasteiger partial charge on any atom is 0.256 e. The van der Waals surface area contributed by atoms with Gasteiger partial charge >= 0.3 is 0 Å². The highest BCUT2D eigenvalue weighted by Crippen LogP contribution is 2.24. The van der Waals surface area contributed by atoms with Gasteiger partial charge in [-0.1, -0.05) is 11.6 Å². The van der Waals surface area contributed by atoms with Gasteiger partial charge in [0.25, 0.3) is 5.91 Å². The summed E-state index contributed by atoms with van der Waals surface area (Å²) in [6, 6.07) is 1.44. The summed E-state index contributed by atoms with van der Waals surface area (Å²) in [6.07, 6.45) is 1.35. The van der Waals surface area contributed by atoms with E-state index in [0.29, 0.717) is 24.3 Å². The summed E-state index contributed by atoms with van der Waals surface area (Å²) in [5.41, 5.74) is 5.47. The van der Waals surface area contributed by atoms with Crippen LogP contribution in [0.5, 0.6) is 0 Å². The van der Waals surface area contributed by atoms with E-state index in [1.165, 1.54) is 17.2 Å². The third kappa shape index (κ3) is 1.96. The summed E-state index contributed by atoms with van der Waals surface area (Å²) in [7, 11) is 0. The average molecular weight is 242 g/mol. The van der Waals surface area contributed by atoms with Crippen LogP contribution in [0.25, 0.3) is 0 Å². The van der Waals surface area contributed by atoms with Gasteiger partial charge in [0.1, 0.15) is 5.15 Å². The van der Waals surface area contributed by atoms with Crippen molar-refractivity contribution >= 4 is 23.2 Å². The van der Waals surface area contributed by atoms with Crippen molar-refractivity contribution < 1.29 is 9.90 Å². The number of anilines is 1. The van der Waals surface area contributed by atoms with Gasteiger partial charge in [-0.25, -0.2) is 4.98 Å². The standard InChI is InChI=1S/C10H12ClN3O2/c1-10(16)4-14(5-10)9(15)6-2-8(11)13-3-7(6)12/h2-3,16H,4-5,12H2,1H3. The number of rotatable bonds is 1. The highest BCUT2D eigenvalue weighted by molar-refractivity contribution is 6.29. The van der Waals surface area contributed by atoms with Crippen molar-refractivity contribution in [2.24, 2.45) is 0 Å². The molecule has 0 radical (unpaired) electrons. The molecule has 3 N–H and O–H groups in total. The number of β-amino-alcohol motifs (C(OH)–C–C–N with tert-alkyl or cyclic N) is 1. The molecule has 2 heterocycles. The number of nitrogens with zero attached hydrogens (tertiary/aromatic N) is 2. The van der Waals surface area contributed by atoms with Crippen LogP contribution in [-0.4, -0.2) is 39.6 Å². The monoisotopic (exact) mass is 241 g/mol. The van der Waals surface area contributed by atoms with Crippen LogP contribution in [0.1, 0.15) is 17.3 Å². The number of aromatic nitrogens is 1. The molecule has 0 bridgehead atoms. The van der Waals surface area contributed by atoms with Crippen LogP contribution in [0.4, 0.5) is 5.69 Å². The van der Waals surface area contributed by atoms with Crippen molar-refractivity contribution in [2.75, 3.05) is 18.8 Å². The Labute approximate surface area is 97.8 Å². The zero-order valence-corrected chi connectivity index (χ0v) is 9.53. The lowest BCUT2D eigenvalue weighted by Crippen LogP contribution is -2.61. The first-order valence-electron chi connectivity index (χ1n) is 4.82. The molecule has 1 aliphatic heterocycles. The maximum absolute atomic E-state index is 11.9. The van der Waals surface area contributed by atoms with Gasteiger partial charge in [0.15, 0.2) is 0 Å². The zero-order chi connectivity index (χ0) is 11.9. The first-order valence-corrected chi connectivity index (χ1v) is 5.19. The van der Waals surface area contributed by atoms with Gasteiger partial charge in [-0.3, -0.25) is 4.79 Å². The van der Waals surface area contributed by atoms with E-state index in [1.54, 1.807) is 6.92 Å². The van der Waals surface area contributed by atoms with E-state index in [4.69, 9.17) is 17.3 Å². The van der Waals surface area contributed by atoms with Crippen LogP contribution in [0.3, 0.4) is 0 Å². The summed E-state index contributed by atoms with van der Waals surface area (Å²) in [5, 5.41) is 9.77. The lowest BCUT2D eigenvalue weighted by atomic mass is 9.96. The molecule has 0 atom stereocenters. The van der Waals surface area contributed by atoms with Gasteiger partial charge in [-0.05, 0) is 13.0 Å². The predicted molar refractivity (Wildman–Crippen MR) is 60.2 cm³/mol. The van der Waals surface area contributed by atoms with Gasteiger partial charge < -0.3 is 15.7 Å². The lowest BCUT2D eigenvalue weighted by molar-refractivity contribution is -0.0668. The minimum atomic E-state index is -0.790. The van der Waals surface area contributed by atoms with Crippen molar-refractivity contribution in [3.8, 4) is 0 Å². The van der Waals surface area contributed by atoms with E-state index in [-0.39, 0.29) is 11.1 Å². The molecule has 0 unspecified atom stereocenters. The number of hydrogen-bond donors (Lipinski definition) is 2. The number of nitrogen functional groups attached to an aromatic ring is 1. The van der Waals surface area contributed by atoms with Gasteiger partial charge in [-0.2, -0.15) is 0 Å². The number of halogens is 1. The van der Waals surface area contributed by atoms with Crippen LogP contribution in [0, 0.1) is 0 Å². The smallest absolute Gasteiger partial charge is 0.256 e. The summed E-state index contributed by atoms with van der Waals surface area (Å²) in [4.78, 5) is 17.2. The Morgan fingerprint density at radius 2 is 2.31 bits per heavy atom. The van der Waals surface area contributed by atoms with Crippen LogP contribution >= 0.6 is 11.6 Å². The van der Waals surface area contributed by atoms with Crippen molar-refractivity contribution in [1.29, 1.82) is 0 Å². The molecule has 5 nitrogen and oxygen atoms in total. The summed E-state index contributed by atoms with van der Waals surface area (Å²) < 4.78 is 0. The van der Waals surface area contributed by atoms with E-state index in [2.05, 4.69) is 4.98 Å². The van der Waals surface area contributed by atoms with Crippen molar-refractivity contribution in [3.05, 3.63) is 23.0 Å². The van der Waals surface area contributed by atoms with E-state index < -0.39 is 5.60 Å². The predicted octanol–water partition coefficient (Wildman–Crippen LogP) is 0.524. The van der Waals surface area contributed by atoms with Gasteiger partial charge in [0.05, 0.1) is 36.1 Å². The Balaban J connectivity index is 2.19. The number of hydrogen-bond acceptors (Lipinski definition) is 4. The third-order valence-electron chi connectivity index (χ3n) is 2.48. The fourth-order valence-corrected chi connectivity index (χ4v) is 1.87. The number of aliphatic hydroxyl groups is 1. The highest BCUT2D eigenvalue weighted by atomic mass is 35.5. The summed E-state index contributed by atoms with van der Waals surface area (Å²) in [5.74, 6) is -0.228. The molecule has 1 aromatic rings. The Kier molecular flexibility index (Phi) is 2.52. The highest BCUT2D eigenvalue weighted by Gasteiger charge is 2.40. The van der Waals surface area contributed by atoms with Crippen LogP contribution in [-0.2, 0) is 0 Å². The van der Waals surface area contributed by atoms with Crippen LogP contribution in [0.2, 0.25) is 5.15 Å². The van der Waals surface area contributed by atoms with Gasteiger partial charge in [-0.15, -0.1) is 0 Å². The number of pyridine rings is 1. The molecule has 1 saturated heterocycles. The third-order valence-corrected chi connectivity index (χ3v) is 2.69. The summed E-state index contributed by atoms with van der Waals surface area (Å²) in [6.45, 7) is 2.30. The molecule has 1 amide bonds. The van der Waals surface area contributed by atoms with Crippen molar-refractivity contribution in [2.45, 2.75) is 12.5 Å². The normalized spacial score (nSPS) is 18.1. The fraction of sp³-hybridized carbons (Fsp3) is 0.400. The summed E-state index contributed by atoms with van der Waals surface area (Å²) >= 11 is 5.70. The number of amides is 1.